The Morgan fingerprint density at radius 2 is 1.86 bits per heavy atom. The zero-order chi connectivity index (χ0) is 15.2. The normalized spacial score (nSPS) is 11.9. The van der Waals surface area contributed by atoms with Crippen LogP contribution in [-0.2, 0) is 21.3 Å². The maximum absolute atomic E-state index is 13.4. The van der Waals surface area contributed by atoms with Gasteiger partial charge in [0.1, 0.15) is 17.4 Å². The van der Waals surface area contributed by atoms with Gasteiger partial charge in [0.25, 0.3) is 0 Å². The summed E-state index contributed by atoms with van der Waals surface area (Å²) in [6, 6.07) is 11.4. The molecular formula is C15H13F2NO2S. The summed E-state index contributed by atoms with van der Waals surface area (Å²) in [6.45, 7) is 0. The molecule has 0 fully saturated rings. The number of halogens is 2. The van der Waals surface area contributed by atoms with Gasteiger partial charge >= 0.3 is 0 Å². The molecule has 0 bridgehead atoms. The lowest BCUT2D eigenvalue weighted by atomic mass is 10.2. The van der Waals surface area contributed by atoms with E-state index in [4.69, 9.17) is 0 Å². The number of hydrogen-bond acceptors (Lipinski definition) is 2. The van der Waals surface area contributed by atoms with Gasteiger partial charge in [-0.3, -0.25) is 9.00 Å². The van der Waals surface area contributed by atoms with Gasteiger partial charge in [0.15, 0.2) is 0 Å². The van der Waals surface area contributed by atoms with Crippen LogP contribution >= 0.6 is 0 Å². The second-order valence-electron chi connectivity index (χ2n) is 4.38. The molecule has 6 heteroatoms. The van der Waals surface area contributed by atoms with Crippen LogP contribution in [0.5, 0.6) is 0 Å². The highest BCUT2D eigenvalue weighted by atomic mass is 32.2. The Bertz CT molecular complexity index is 676. The molecule has 2 rings (SSSR count). The zero-order valence-electron chi connectivity index (χ0n) is 11.0. The third kappa shape index (κ3) is 4.75. The van der Waals surface area contributed by atoms with Crippen molar-refractivity contribution in [2.45, 2.75) is 5.75 Å². The van der Waals surface area contributed by atoms with Crippen LogP contribution in [0.1, 0.15) is 5.56 Å². The molecule has 1 unspecified atom stereocenters. The molecule has 2 aromatic rings. The highest BCUT2D eigenvalue weighted by molar-refractivity contribution is 7.84. The van der Waals surface area contributed by atoms with E-state index in [0.717, 1.165) is 6.07 Å². The van der Waals surface area contributed by atoms with Gasteiger partial charge in [-0.1, -0.05) is 24.3 Å². The van der Waals surface area contributed by atoms with E-state index in [1.165, 1.54) is 30.3 Å². The van der Waals surface area contributed by atoms with Crippen LogP contribution in [0, 0.1) is 11.6 Å². The number of benzene rings is 2. The Balaban J connectivity index is 1.91. The van der Waals surface area contributed by atoms with Crippen LogP contribution in [0.3, 0.4) is 0 Å². The Hall–Kier alpha value is -2.08. The van der Waals surface area contributed by atoms with E-state index in [1.807, 2.05) is 0 Å². The van der Waals surface area contributed by atoms with Crippen molar-refractivity contribution in [3.8, 4) is 0 Å². The maximum atomic E-state index is 13.4. The fourth-order valence-corrected chi connectivity index (χ4v) is 2.80. The average Bonchev–Trinajstić information content (AvgIpc) is 2.41. The maximum Gasteiger partial charge on any atom is 0.237 e. The van der Waals surface area contributed by atoms with Crippen molar-refractivity contribution in [1.82, 2.24) is 0 Å². The lowest BCUT2D eigenvalue weighted by Crippen LogP contribution is -2.20. The number of hydrogen-bond donors (Lipinski definition) is 1. The molecule has 2 aromatic carbocycles. The second-order valence-corrected chi connectivity index (χ2v) is 5.84. The fraction of sp³-hybridized carbons (Fsp3) is 0.133. The van der Waals surface area contributed by atoms with Gasteiger partial charge in [-0.05, 0) is 24.3 Å². The van der Waals surface area contributed by atoms with Crippen molar-refractivity contribution in [2.75, 3.05) is 11.1 Å². The number of carbonyl (C=O) groups excluding carboxylic acids is 1. The second kappa shape index (κ2) is 7.08. The zero-order valence-corrected chi connectivity index (χ0v) is 11.8. The van der Waals surface area contributed by atoms with E-state index in [9.17, 15) is 17.8 Å². The molecule has 0 aliphatic heterocycles. The van der Waals surface area contributed by atoms with Gasteiger partial charge in [0.05, 0.1) is 5.75 Å². The molecule has 1 amide bonds. The molecule has 1 N–H and O–H groups in total. The van der Waals surface area contributed by atoms with Gasteiger partial charge in [-0.15, -0.1) is 0 Å². The van der Waals surface area contributed by atoms with Crippen LogP contribution in [0.15, 0.2) is 48.5 Å². The van der Waals surface area contributed by atoms with Crippen molar-refractivity contribution in [2.24, 2.45) is 0 Å². The summed E-state index contributed by atoms with van der Waals surface area (Å²) in [6.07, 6.45) is 0. The summed E-state index contributed by atoms with van der Waals surface area (Å²) in [5.41, 5.74) is 0.595. The van der Waals surface area contributed by atoms with Crippen molar-refractivity contribution < 1.29 is 17.8 Å². The standard InChI is InChI=1S/C15H13F2NO2S/c16-12-5-3-6-13(8-12)18-15(19)10-21(20)9-11-4-1-2-7-14(11)17/h1-8H,9-10H2,(H,18,19). The Morgan fingerprint density at radius 3 is 2.57 bits per heavy atom. The summed E-state index contributed by atoms with van der Waals surface area (Å²) >= 11 is 0. The van der Waals surface area contributed by atoms with Crippen molar-refractivity contribution >= 4 is 22.4 Å². The molecule has 110 valence electrons. The molecule has 0 heterocycles. The van der Waals surface area contributed by atoms with Crippen molar-refractivity contribution in [1.29, 1.82) is 0 Å². The van der Waals surface area contributed by atoms with Crippen molar-refractivity contribution in [3.63, 3.8) is 0 Å². The largest absolute Gasteiger partial charge is 0.325 e. The molecule has 0 aliphatic carbocycles. The minimum absolute atomic E-state index is 0.0384. The molecular weight excluding hydrogens is 296 g/mol. The first-order valence-corrected chi connectivity index (χ1v) is 7.67. The first-order chi connectivity index (χ1) is 10.0. The minimum atomic E-state index is -1.54. The first kappa shape index (κ1) is 15.3. The van der Waals surface area contributed by atoms with Gasteiger partial charge in [-0.2, -0.15) is 0 Å². The molecule has 0 aromatic heterocycles. The number of carbonyl (C=O) groups is 1. The molecule has 3 nitrogen and oxygen atoms in total. The van der Waals surface area contributed by atoms with Gasteiger partial charge in [0, 0.05) is 22.1 Å². The number of rotatable bonds is 5. The quantitative estimate of drug-likeness (QED) is 0.923. The third-order valence-electron chi connectivity index (χ3n) is 2.67. The molecule has 21 heavy (non-hydrogen) atoms. The van der Waals surface area contributed by atoms with Crippen LogP contribution in [0.25, 0.3) is 0 Å². The molecule has 0 spiro atoms. The van der Waals surface area contributed by atoms with E-state index >= 15 is 0 Å². The predicted octanol–water partition coefficient (Wildman–Crippen LogP) is 2.85. The van der Waals surface area contributed by atoms with Crippen LogP contribution in [0.2, 0.25) is 0 Å². The monoisotopic (exact) mass is 309 g/mol. The summed E-state index contributed by atoms with van der Waals surface area (Å²) in [5.74, 6) is -1.74. The predicted molar refractivity (Wildman–Crippen MR) is 78.1 cm³/mol. The summed E-state index contributed by atoms with van der Waals surface area (Å²) in [7, 11) is -1.54. The molecule has 0 saturated heterocycles. The fourth-order valence-electron chi connectivity index (χ4n) is 1.75. The lowest BCUT2D eigenvalue weighted by molar-refractivity contribution is -0.113. The number of nitrogens with one attached hydrogen (secondary N) is 1. The number of amides is 1. The molecule has 0 aliphatic rings. The number of anilines is 1. The summed E-state index contributed by atoms with van der Waals surface area (Å²) in [4.78, 5) is 11.7. The van der Waals surface area contributed by atoms with Gasteiger partial charge in [0.2, 0.25) is 5.91 Å². The van der Waals surface area contributed by atoms with Gasteiger partial charge < -0.3 is 5.32 Å². The minimum Gasteiger partial charge on any atom is -0.325 e. The summed E-state index contributed by atoms with van der Waals surface area (Å²) < 4.78 is 38.2. The van der Waals surface area contributed by atoms with Crippen LogP contribution in [0.4, 0.5) is 14.5 Å². The van der Waals surface area contributed by atoms with Gasteiger partial charge in [-0.25, -0.2) is 8.78 Å². The van der Waals surface area contributed by atoms with Crippen molar-refractivity contribution in [3.05, 3.63) is 65.7 Å². The highest BCUT2D eigenvalue weighted by Gasteiger charge is 2.11. The van der Waals surface area contributed by atoms with E-state index in [-0.39, 0.29) is 11.5 Å². The van der Waals surface area contributed by atoms with E-state index in [2.05, 4.69) is 5.32 Å². The smallest absolute Gasteiger partial charge is 0.237 e. The Kier molecular flexibility index (Phi) is 5.16. The average molecular weight is 309 g/mol. The van der Waals surface area contributed by atoms with Crippen LogP contribution in [-0.4, -0.2) is 15.9 Å². The van der Waals surface area contributed by atoms with E-state index in [0.29, 0.717) is 11.3 Å². The highest BCUT2D eigenvalue weighted by Crippen LogP contribution is 2.11. The molecule has 1 atom stereocenters. The molecule has 0 saturated carbocycles. The van der Waals surface area contributed by atoms with Crippen LogP contribution < -0.4 is 5.32 Å². The summed E-state index contributed by atoms with van der Waals surface area (Å²) in [5, 5.41) is 2.45. The Labute approximate surface area is 123 Å². The lowest BCUT2D eigenvalue weighted by Gasteiger charge is -2.06. The first-order valence-electron chi connectivity index (χ1n) is 6.18. The SMILES string of the molecule is O=C(CS(=O)Cc1ccccc1F)Nc1cccc(F)c1. The van der Waals surface area contributed by atoms with E-state index < -0.39 is 28.3 Å². The van der Waals surface area contributed by atoms with E-state index in [1.54, 1.807) is 12.1 Å². The Morgan fingerprint density at radius 1 is 1.10 bits per heavy atom. The topological polar surface area (TPSA) is 46.2 Å². The third-order valence-corrected chi connectivity index (χ3v) is 3.89. The molecule has 0 radical (unpaired) electrons.